The largest absolute Gasteiger partial charge is 0.380 e. The van der Waals surface area contributed by atoms with Crippen LogP contribution in [0.1, 0.15) is 17.4 Å². The molecule has 1 fully saturated rings. The first kappa shape index (κ1) is 9.54. The molecule has 0 atom stereocenters. The first-order chi connectivity index (χ1) is 6.70. The Balaban J connectivity index is 1.84. The second kappa shape index (κ2) is 3.62. The molecule has 2 rings (SSSR count). The van der Waals surface area contributed by atoms with E-state index in [9.17, 15) is 4.79 Å². The van der Waals surface area contributed by atoms with Gasteiger partial charge in [0.05, 0.1) is 31.1 Å². The molecule has 1 amide bonds. The molecule has 1 N–H and O–H groups in total. The maximum Gasteiger partial charge on any atom is 0.272 e. The van der Waals surface area contributed by atoms with Crippen LogP contribution in [-0.2, 0) is 4.74 Å². The van der Waals surface area contributed by atoms with E-state index in [0.29, 0.717) is 25.5 Å². The minimum atomic E-state index is -0.160. The number of hydrogen-bond acceptors (Lipinski definition) is 5. The minimum absolute atomic E-state index is 0.0963. The summed E-state index contributed by atoms with van der Waals surface area (Å²) in [5.74, 6) is -0.160. The Bertz CT molecular complexity index is 321. The van der Waals surface area contributed by atoms with Crippen LogP contribution in [0, 0.1) is 5.41 Å². The average molecular weight is 213 g/mol. The van der Waals surface area contributed by atoms with Gasteiger partial charge < -0.3 is 10.1 Å². The summed E-state index contributed by atoms with van der Waals surface area (Å²) in [5.41, 5.74) is 0.484. The van der Waals surface area contributed by atoms with Crippen molar-refractivity contribution in [1.82, 2.24) is 14.1 Å². The lowest BCUT2D eigenvalue weighted by molar-refractivity contribution is -0.0978. The molecular formula is C8H11N3O2S. The van der Waals surface area contributed by atoms with Crippen LogP contribution in [0.2, 0.25) is 0 Å². The maximum atomic E-state index is 11.4. The van der Waals surface area contributed by atoms with E-state index in [-0.39, 0.29) is 11.3 Å². The summed E-state index contributed by atoms with van der Waals surface area (Å²) in [6, 6.07) is 0. The first-order valence-electron chi connectivity index (χ1n) is 4.33. The zero-order valence-electron chi connectivity index (χ0n) is 7.82. The minimum Gasteiger partial charge on any atom is -0.380 e. The fourth-order valence-corrected chi connectivity index (χ4v) is 1.61. The van der Waals surface area contributed by atoms with Gasteiger partial charge in [-0.3, -0.25) is 4.79 Å². The zero-order valence-corrected chi connectivity index (χ0v) is 8.63. The third-order valence-electron chi connectivity index (χ3n) is 2.17. The molecule has 1 aliphatic heterocycles. The molecule has 14 heavy (non-hydrogen) atoms. The van der Waals surface area contributed by atoms with Crippen molar-refractivity contribution in [3.05, 3.63) is 11.9 Å². The molecule has 1 aliphatic rings. The van der Waals surface area contributed by atoms with Gasteiger partial charge in [0, 0.05) is 12.0 Å². The van der Waals surface area contributed by atoms with Gasteiger partial charge in [-0.05, 0) is 0 Å². The zero-order chi connectivity index (χ0) is 10.0. The number of ether oxygens (including phenoxy) is 1. The van der Waals surface area contributed by atoms with E-state index in [1.165, 1.54) is 6.20 Å². The molecule has 1 aromatic heterocycles. The van der Waals surface area contributed by atoms with Crippen LogP contribution in [0.5, 0.6) is 0 Å². The number of nitrogens with one attached hydrogen (secondary N) is 1. The summed E-state index contributed by atoms with van der Waals surface area (Å²) in [6.45, 7) is 4.13. The van der Waals surface area contributed by atoms with Crippen LogP contribution < -0.4 is 5.32 Å². The van der Waals surface area contributed by atoms with Gasteiger partial charge in [-0.25, -0.2) is 0 Å². The van der Waals surface area contributed by atoms with Gasteiger partial charge in [0.15, 0.2) is 5.69 Å². The molecule has 6 heteroatoms. The van der Waals surface area contributed by atoms with E-state index in [1.807, 2.05) is 0 Å². The molecular weight excluding hydrogens is 202 g/mol. The summed E-state index contributed by atoms with van der Waals surface area (Å²) in [5, 5.41) is 2.81. The number of amides is 1. The van der Waals surface area contributed by atoms with Crippen molar-refractivity contribution in [2.45, 2.75) is 6.92 Å². The summed E-state index contributed by atoms with van der Waals surface area (Å²) < 4.78 is 12.7. The smallest absolute Gasteiger partial charge is 0.272 e. The van der Waals surface area contributed by atoms with Crippen molar-refractivity contribution < 1.29 is 9.53 Å². The Morgan fingerprint density at radius 2 is 2.57 bits per heavy atom. The quantitative estimate of drug-likeness (QED) is 0.784. The number of aromatic nitrogens is 2. The summed E-state index contributed by atoms with van der Waals surface area (Å²) in [4.78, 5) is 11.4. The fourth-order valence-electron chi connectivity index (χ4n) is 1.20. The molecule has 0 unspecified atom stereocenters. The molecule has 0 aliphatic carbocycles. The van der Waals surface area contributed by atoms with Crippen molar-refractivity contribution in [2.24, 2.45) is 5.41 Å². The Hall–Kier alpha value is -1.01. The number of rotatable bonds is 3. The Labute approximate surface area is 85.8 Å². The Kier molecular flexibility index (Phi) is 2.47. The van der Waals surface area contributed by atoms with E-state index in [2.05, 4.69) is 21.0 Å². The normalized spacial score (nSPS) is 18.6. The predicted octanol–water partition coefficient (Wildman–Crippen LogP) is 0.304. The SMILES string of the molecule is CC1(CNC(=O)c2cnsn2)COC1. The summed E-state index contributed by atoms with van der Waals surface area (Å²) in [6.07, 6.45) is 1.47. The van der Waals surface area contributed by atoms with E-state index >= 15 is 0 Å². The van der Waals surface area contributed by atoms with Crippen LogP contribution >= 0.6 is 11.7 Å². The van der Waals surface area contributed by atoms with Crippen LogP contribution in [0.3, 0.4) is 0 Å². The van der Waals surface area contributed by atoms with E-state index in [1.54, 1.807) is 0 Å². The molecule has 5 nitrogen and oxygen atoms in total. The second-order valence-electron chi connectivity index (χ2n) is 3.78. The van der Waals surface area contributed by atoms with Gasteiger partial charge in [-0.2, -0.15) is 8.75 Å². The maximum absolute atomic E-state index is 11.4. The Morgan fingerprint density at radius 1 is 1.79 bits per heavy atom. The lowest BCUT2D eigenvalue weighted by Crippen LogP contribution is -2.48. The molecule has 2 heterocycles. The molecule has 1 aromatic rings. The number of hydrogen-bond donors (Lipinski definition) is 1. The highest BCUT2D eigenvalue weighted by Gasteiger charge is 2.33. The van der Waals surface area contributed by atoms with Crippen molar-refractivity contribution >= 4 is 17.6 Å². The molecule has 0 aromatic carbocycles. The van der Waals surface area contributed by atoms with Gasteiger partial charge >= 0.3 is 0 Å². The molecule has 76 valence electrons. The van der Waals surface area contributed by atoms with Gasteiger partial charge in [-0.1, -0.05) is 6.92 Å². The lowest BCUT2D eigenvalue weighted by atomic mass is 9.89. The molecule has 0 saturated carbocycles. The molecule has 0 radical (unpaired) electrons. The number of nitrogens with zero attached hydrogens (tertiary/aromatic N) is 2. The highest BCUT2D eigenvalue weighted by atomic mass is 32.1. The Morgan fingerprint density at radius 3 is 3.07 bits per heavy atom. The van der Waals surface area contributed by atoms with Gasteiger partial charge in [0.2, 0.25) is 0 Å². The van der Waals surface area contributed by atoms with Gasteiger partial charge in [-0.15, -0.1) is 0 Å². The number of carbonyl (C=O) groups is 1. The van der Waals surface area contributed by atoms with Crippen LogP contribution in [0.15, 0.2) is 6.20 Å². The lowest BCUT2D eigenvalue weighted by Gasteiger charge is -2.37. The van der Waals surface area contributed by atoms with Crippen LogP contribution in [-0.4, -0.2) is 34.4 Å². The highest BCUT2D eigenvalue weighted by molar-refractivity contribution is 6.99. The fraction of sp³-hybridized carbons (Fsp3) is 0.625. The highest BCUT2D eigenvalue weighted by Crippen LogP contribution is 2.25. The van der Waals surface area contributed by atoms with E-state index in [4.69, 9.17) is 4.74 Å². The molecule has 1 saturated heterocycles. The summed E-state index contributed by atoms with van der Waals surface area (Å²) >= 11 is 1.04. The van der Waals surface area contributed by atoms with E-state index < -0.39 is 0 Å². The van der Waals surface area contributed by atoms with Crippen molar-refractivity contribution in [1.29, 1.82) is 0 Å². The second-order valence-corrected chi connectivity index (χ2v) is 4.34. The van der Waals surface area contributed by atoms with Crippen molar-refractivity contribution in [3.8, 4) is 0 Å². The first-order valence-corrected chi connectivity index (χ1v) is 5.06. The molecule has 0 bridgehead atoms. The van der Waals surface area contributed by atoms with Gasteiger partial charge in [0.25, 0.3) is 5.91 Å². The average Bonchev–Trinajstić information content (AvgIpc) is 2.63. The standard InChI is InChI=1S/C8H11N3O2S/c1-8(4-13-5-8)3-9-7(12)6-2-10-14-11-6/h2H,3-5H2,1H3,(H,9,12). The van der Waals surface area contributed by atoms with Gasteiger partial charge in [0.1, 0.15) is 0 Å². The monoisotopic (exact) mass is 213 g/mol. The molecule has 0 spiro atoms. The van der Waals surface area contributed by atoms with E-state index in [0.717, 1.165) is 11.7 Å². The summed E-state index contributed by atoms with van der Waals surface area (Å²) in [7, 11) is 0. The van der Waals surface area contributed by atoms with Crippen LogP contribution in [0.25, 0.3) is 0 Å². The van der Waals surface area contributed by atoms with Crippen molar-refractivity contribution in [3.63, 3.8) is 0 Å². The topological polar surface area (TPSA) is 64.1 Å². The third kappa shape index (κ3) is 1.91. The predicted molar refractivity (Wildman–Crippen MR) is 51.2 cm³/mol. The third-order valence-corrected chi connectivity index (χ3v) is 2.65. The van der Waals surface area contributed by atoms with Crippen LogP contribution in [0.4, 0.5) is 0 Å². The number of carbonyl (C=O) groups excluding carboxylic acids is 1. The van der Waals surface area contributed by atoms with Crippen molar-refractivity contribution in [2.75, 3.05) is 19.8 Å².